The number of hydrogen-bond acceptors (Lipinski definition) is 4. The van der Waals surface area contributed by atoms with Gasteiger partial charge in [0, 0.05) is 16.8 Å². The Balaban J connectivity index is 2.13. The summed E-state index contributed by atoms with van der Waals surface area (Å²) in [5.74, 6) is 0.613. The van der Waals surface area contributed by atoms with Crippen molar-refractivity contribution in [2.24, 2.45) is 0 Å². The molecule has 3 N–H and O–H groups in total. The zero-order chi connectivity index (χ0) is 12.7. The predicted molar refractivity (Wildman–Crippen MR) is 75.8 cm³/mol. The number of amides is 1. The van der Waals surface area contributed by atoms with Gasteiger partial charge in [-0.05, 0) is 11.6 Å². The fourth-order valence-corrected chi connectivity index (χ4v) is 3.61. The third-order valence-electron chi connectivity index (χ3n) is 2.91. The number of nitrogens with two attached hydrogens (primary N) is 1. The maximum atomic E-state index is 11.7. The second-order valence-electron chi connectivity index (χ2n) is 4.09. The van der Waals surface area contributed by atoms with Crippen LogP contribution in [-0.2, 0) is 4.79 Å². The van der Waals surface area contributed by atoms with Crippen molar-refractivity contribution >= 4 is 44.1 Å². The number of nitrogen functional groups attached to an aromatic ring is 1. The molecule has 6 heteroatoms. The smallest absolute Gasteiger partial charge is 0.226 e. The highest BCUT2D eigenvalue weighted by atomic mass is 79.9. The van der Waals surface area contributed by atoms with Crippen LogP contribution in [0.15, 0.2) is 28.7 Å². The van der Waals surface area contributed by atoms with E-state index in [1.807, 2.05) is 24.3 Å². The van der Waals surface area contributed by atoms with Crippen LogP contribution in [-0.4, -0.2) is 10.9 Å². The normalized spacial score (nSPS) is 18.3. The van der Waals surface area contributed by atoms with E-state index >= 15 is 0 Å². The summed E-state index contributed by atoms with van der Waals surface area (Å²) in [5.41, 5.74) is 6.82. The third-order valence-corrected chi connectivity index (χ3v) is 4.63. The Hall–Kier alpha value is -1.40. The predicted octanol–water partition coefficient (Wildman–Crippen LogP) is 2.96. The van der Waals surface area contributed by atoms with Crippen molar-refractivity contribution < 1.29 is 4.79 Å². The Kier molecular flexibility index (Phi) is 2.83. The van der Waals surface area contributed by atoms with Gasteiger partial charge in [-0.1, -0.05) is 45.5 Å². The first-order valence-corrected chi connectivity index (χ1v) is 7.06. The molecule has 0 unspecified atom stereocenters. The fourth-order valence-electron chi connectivity index (χ4n) is 2.14. The van der Waals surface area contributed by atoms with Crippen LogP contribution in [0, 0.1) is 0 Å². The largest absolute Gasteiger partial charge is 0.375 e. The van der Waals surface area contributed by atoms with Gasteiger partial charge in [-0.3, -0.25) is 4.79 Å². The number of halogens is 1. The molecule has 0 saturated carbocycles. The molecule has 18 heavy (non-hydrogen) atoms. The molecule has 0 bridgehead atoms. The zero-order valence-electron chi connectivity index (χ0n) is 9.31. The molecule has 1 aliphatic rings. The Morgan fingerprint density at radius 2 is 2.22 bits per heavy atom. The highest BCUT2D eigenvalue weighted by molar-refractivity contribution is 9.10. The number of fused-ring (bicyclic) bond motifs is 1. The lowest BCUT2D eigenvalue weighted by molar-refractivity contribution is -0.116. The van der Waals surface area contributed by atoms with Crippen LogP contribution in [0.1, 0.15) is 22.8 Å². The van der Waals surface area contributed by atoms with E-state index in [1.165, 1.54) is 11.3 Å². The molecule has 0 fully saturated rings. The fraction of sp³-hybridized carbons (Fsp3) is 0.167. The maximum Gasteiger partial charge on any atom is 0.226 e. The summed E-state index contributed by atoms with van der Waals surface area (Å²) in [7, 11) is 0. The highest BCUT2D eigenvalue weighted by Gasteiger charge is 2.30. The van der Waals surface area contributed by atoms with E-state index in [2.05, 4.69) is 26.2 Å². The van der Waals surface area contributed by atoms with Crippen LogP contribution in [0.4, 0.5) is 10.9 Å². The minimum absolute atomic E-state index is 0.0199. The number of nitrogens with one attached hydrogen (secondary N) is 1. The molecule has 1 atom stereocenters. The van der Waals surface area contributed by atoms with Crippen LogP contribution in [0.25, 0.3) is 0 Å². The lowest BCUT2D eigenvalue weighted by Gasteiger charge is -2.22. The van der Waals surface area contributed by atoms with E-state index in [0.717, 1.165) is 14.9 Å². The first-order chi connectivity index (χ1) is 8.65. The number of benzene rings is 1. The minimum atomic E-state index is -0.0199. The van der Waals surface area contributed by atoms with E-state index in [4.69, 9.17) is 5.73 Å². The summed E-state index contributed by atoms with van der Waals surface area (Å²) >= 11 is 4.97. The average Bonchev–Trinajstić information content (AvgIpc) is 2.69. The minimum Gasteiger partial charge on any atom is -0.375 e. The van der Waals surface area contributed by atoms with E-state index in [0.29, 0.717) is 17.4 Å². The maximum absolute atomic E-state index is 11.7. The lowest BCUT2D eigenvalue weighted by atomic mass is 9.92. The third kappa shape index (κ3) is 1.91. The molecule has 0 spiro atoms. The van der Waals surface area contributed by atoms with Crippen molar-refractivity contribution in [1.29, 1.82) is 0 Å². The quantitative estimate of drug-likeness (QED) is 0.847. The summed E-state index contributed by atoms with van der Waals surface area (Å²) in [6, 6.07) is 7.92. The number of nitrogens with zero attached hydrogens (tertiary/aromatic N) is 1. The van der Waals surface area contributed by atoms with Crippen molar-refractivity contribution in [2.75, 3.05) is 11.1 Å². The Morgan fingerprint density at radius 1 is 1.44 bits per heavy atom. The number of carbonyl (C=O) groups excluding carboxylic acids is 1. The second-order valence-corrected chi connectivity index (χ2v) is 6.01. The number of carbonyl (C=O) groups is 1. The summed E-state index contributed by atoms with van der Waals surface area (Å²) in [6.45, 7) is 0. The van der Waals surface area contributed by atoms with Gasteiger partial charge in [0.05, 0.1) is 4.88 Å². The summed E-state index contributed by atoms with van der Waals surface area (Å²) in [4.78, 5) is 16.9. The van der Waals surface area contributed by atoms with E-state index in [9.17, 15) is 4.79 Å². The van der Waals surface area contributed by atoms with Gasteiger partial charge in [-0.2, -0.15) is 0 Å². The molecule has 2 aromatic rings. The Bertz CT molecular complexity index is 626. The van der Waals surface area contributed by atoms with Gasteiger partial charge in [-0.15, -0.1) is 0 Å². The molecule has 1 amide bonds. The van der Waals surface area contributed by atoms with Gasteiger partial charge in [0.1, 0.15) is 5.82 Å². The average molecular weight is 324 g/mol. The van der Waals surface area contributed by atoms with Gasteiger partial charge in [0.15, 0.2) is 5.13 Å². The first-order valence-electron chi connectivity index (χ1n) is 5.45. The van der Waals surface area contributed by atoms with E-state index < -0.39 is 0 Å². The number of thiazole rings is 1. The molecule has 0 radical (unpaired) electrons. The molecule has 4 nitrogen and oxygen atoms in total. The first kappa shape index (κ1) is 11.7. The van der Waals surface area contributed by atoms with Gasteiger partial charge >= 0.3 is 0 Å². The van der Waals surface area contributed by atoms with Crippen LogP contribution >= 0.6 is 27.3 Å². The summed E-state index contributed by atoms with van der Waals surface area (Å²) in [5, 5.41) is 3.25. The van der Waals surface area contributed by atoms with E-state index in [-0.39, 0.29) is 11.8 Å². The standard InChI is InChI=1S/C12H10BrN3OS/c13-8-4-2-1-3-6(8)7-5-9(17)15-11-10(7)18-12(14)16-11/h1-4,7H,5H2,(H2,14,16)(H,15,17)/t7-/m0/s1. The van der Waals surface area contributed by atoms with Crippen molar-refractivity contribution in [3.05, 3.63) is 39.2 Å². The van der Waals surface area contributed by atoms with Gasteiger partial charge < -0.3 is 11.1 Å². The van der Waals surface area contributed by atoms with Crippen molar-refractivity contribution in [2.45, 2.75) is 12.3 Å². The lowest BCUT2D eigenvalue weighted by Crippen LogP contribution is -2.22. The SMILES string of the molecule is Nc1nc2c(s1)[C@H](c1ccccc1Br)CC(=O)N2. The zero-order valence-corrected chi connectivity index (χ0v) is 11.7. The molecule has 1 aliphatic heterocycles. The van der Waals surface area contributed by atoms with Gasteiger partial charge in [0.2, 0.25) is 5.91 Å². The summed E-state index contributed by atoms with van der Waals surface area (Å²) < 4.78 is 1.00. The Labute approximate surface area is 116 Å². The number of aromatic nitrogens is 1. The molecule has 3 rings (SSSR count). The second kappa shape index (κ2) is 4.37. The Morgan fingerprint density at radius 3 is 3.00 bits per heavy atom. The van der Waals surface area contributed by atoms with Gasteiger partial charge in [0.25, 0.3) is 0 Å². The van der Waals surface area contributed by atoms with Crippen molar-refractivity contribution in [3.8, 4) is 0 Å². The van der Waals surface area contributed by atoms with Crippen LogP contribution in [0.5, 0.6) is 0 Å². The van der Waals surface area contributed by atoms with Crippen LogP contribution < -0.4 is 11.1 Å². The molecule has 1 aromatic carbocycles. The molecule has 1 aromatic heterocycles. The molecular weight excluding hydrogens is 314 g/mol. The molecule has 92 valence electrons. The van der Waals surface area contributed by atoms with Crippen LogP contribution in [0.3, 0.4) is 0 Å². The number of anilines is 2. The highest BCUT2D eigenvalue weighted by Crippen LogP contribution is 2.43. The van der Waals surface area contributed by atoms with Crippen molar-refractivity contribution in [3.63, 3.8) is 0 Å². The summed E-state index contributed by atoms with van der Waals surface area (Å²) in [6.07, 6.45) is 0.428. The molecule has 2 heterocycles. The number of rotatable bonds is 1. The molecular formula is C12H10BrN3OS. The van der Waals surface area contributed by atoms with Crippen LogP contribution in [0.2, 0.25) is 0 Å². The van der Waals surface area contributed by atoms with Crippen molar-refractivity contribution in [1.82, 2.24) is 4.98 Å². The van der Waals surface area contributed by atoms with Gasteiger partial charge in [-0.25, -0.2) is 4.98 Å². The monoisotopic (exact) mass is 323 g/mol. The molecule has 0 saturated heterocycles. The topological polar surface area (TPSA) is 68.0 Å². The van der Waals surface area contributed by atoms with E-state index in [1.54, 1.807) is 0 Å². The number of hydrogen-bond donors (Lipinski definition) is 2. The molecule has 0 aliphatic carbocycles.